The summed E-state index contributed by atoms with van der Waals surface area (Å²) in [6.07, 6.45) is 0. The molecule has 0 saturated heterocycles. The summed E-state index contributed by atoms with van der Waals surface area (Å²) in [5.41, 5.74) is 2.14. The first-order chi connectivity index (χ1) is 13.0. The summed E-state index contributed by atoms with van der Waals surface area (Å²) >= 11 is 0. The molecule has 0 spiro atoms. The summed E-state index contributed by atoms with van der Waals surface area (Å²) in [6, 6.07) is 16.3. The van der Waals surface area contributed by atoms with Crippen molar-refractivity contribution in [2.45, 2.75) is 19.9 Å². The van der Waals surface area contributed by atoms with E-state index in [4.69, 9.17) is 10.00 Å². The summed E-state index contributed by atoms with van der Waals surface area (Å²) in [5, 5.41) is 8.94. The van der Waals surface area contributed by atoms with Gasteiger partial charge in [0.15, 0.2) is 6.61 Å². The van der Waals surface area contributed by atoms with Gasteiger partial charge in [-0.3, -0.25) is 14.5 Å². The topological polar surface area (TPSA) is 73.6 Å². The molecule has 1 heterocycles. The number of ether oxygens (including phenoxy) is 1. The summed E-state index contributed by atoms with van der Waals surface area (Å²) in [5.74, 6) is 0.233. The smallest absolute Gasteiger partial charge is 0.265 e. The van der Waals surface area contributed by atoms with Crippen LogP contribution in [0.15, 0.2) is 48.5 Å². The van der Waals surface area contributed by atoms with Gasteiger partial charge in [0.25, 0.3) is 5.91 Å². The number of likely N-dealkylation sites (N-methyl/N-ethyl adjacent to an activating group) is 1. The lowest BCUT2D eigenvalue weighted by molar-refractivity contribution is -0.133. The molecule has 3 rings (SSSR count). The number of para-hydroxylation sites is 2. The number of carbonyl (C=O) groups is 2. The van der Waals surface area contributed by atoms with Crippen LogP contribution in [0.4, 0.5) is 5.69 Å². The molecule has 1 aliphatic heterocycles. The number of hydrogen-bond donors (Lipinski definition) is 0. The van der Waals surface area contributed by atoms with E-state index in [1.54, 1.807) is 29.2 Å². The van der Waals surface area contributed by atoms with Crippen LogP contribution in [-0.2, 0) is 9.59 Å². The van der Waals surface area contributed by atoms with E-state index in [0.717, 1.165) is 5.56 Å². The lowest BCUT2D eigenvalue weighted by Gasteiger charge is -2.33. The van der Waals surface area contributed by atoms with Crippen LogP contribution in [0.25, 0.3) is 0 Å². The average Bonchev–Trinajstić information content (AvgIpc) is 2.70. The zero-order chi connectivity index (χ0) is 19.4. The number of carbonyl (C=O) groups excluding carboxylic acids is 2. The Bertz CT molecular complexity index is 886. The van der Waals surface area contributed by atoms with E-state index < -0.39 is 0 Å². The van der Waals surface area contributed by atoms with Crippen LogP contribution in [0.1, 0.15) is 31.0 Å². The van der Waals surface area contributed by atoms with Crippen molar-refractivity contribution in [2.24, 2.45) is 0 Å². The van der Waals surface area contributed by atoms with Gasteiger partial charge in [-0.25, -0.2) is 0 Å². The average molecular weight is 363 g/mol. The van der Waals surface area contributed by atoms with Crippen molar-refractivity contribution in [2.75, 3.05) is 24.6 Å². The minimum atomic E-state index is -0.232. The number of anilines is 1. The van der Waals surface area contributed by atoms with Crippen molar-refractivity contribution >= 4 is 17.5 Å². The first-order valence-electron chi connectivity index (χ1n) is 8.87. The minimum absolute atomic E-state index is 0.0341. The van der Waals surface area contributed by atoms with Gasteiger partial charge in [0.1, 0.15) is 12.3 Å². The van der Waals surface area contributed by atoms with E-state index in [0.29, 0.717) is 23.5 Å². The molecule has 1 aliphatic rings. The first kappa shape index (κ1) is 18.5. The third-order valence-corrected chi connectivity index (χ3v) is 4.75. The molecule has 2 aromatic rings. The van der Waals surface area contributed by atoms with Crippen molar-refractivity contribution in [3.05, 3.63) is 59.7 Å². The molecule has 27 heavy (non-hydrogen) atoms. The Labute approximate surface area is 158 Å². The van der Waals surface area contributed by atoms with Crippen LogP contribution in [-0.4, -0.2) is 36.4 Å². The summed E-state index contributed by atoms with van der Waals surface area (Å²) < 4.78 is 5.43. The first-order valence-corrected chi connectivity index (χ1v) is 8.87. The Kier molecular flexibility index (Phi) is 5.41. The Balaban J connectivity index is 1.79. The molecule has 2 aromatic carbocycles. The number of amides is 2. The van der Waals surface area contributed by atoms with Crippen molar-refractivity contribution in [3.8, 4) is 11.8 Å². The molecule has 0 bridgehead atoms. The Morgan fingerprint density at radius 2 is 1.96 bits per heavy atom. The van der Waals surface area contributed by atoms with Crippen molar-refractivity contribution < 1.29 is 14.3 Å². The fourth-order valence-electron chi connectivity index (χ4n) is 3.24. The third kappa shape index (κ3) is 3.77. The zero-order valence-corrected chi connectivity index (χ0v) is 15.4. The molecule has 0 saturated carbocycles. The Hall–Kier alpha value is -3.33. The number of fused-ring (bicyclic) bond motifs is 1. The van der Waals surface area contributed by atoms with Gasteiger partial charge >= 0.3 is 0 Å². The van der Waals surface area contributed by atoms with E-state index in [-0.39, 0.29) is 31.0 Å². The van der Waals surface area contributed by atoms with E-state index >= 15 is 0 Å². The maximum absolute atomic E-state index is 13.0. The van der Waals surface area contributed by atoms with Gasteiger partial charge in [-0.15, -0.1) is 0 Å². The van der Waals surface area contributed by atoms with Gasteiger partial charge in [-0.05, 0) is 43.7 Å². The van der Waals surface area contributed by atoms with E-state index in [1.165, 1.54) is 4.90 Å². The lowest BCUT2D eigenvalue weighted by Crippen LogP contribution is -2.47. The van der Waals surface area contributed by atoms with Crippen LogP contribution in [0, 0.1) is 11.3 Å². The molecule has 1 atom stereocenters. The highest BCUT2D eigenvalue weighted by molar-refractivity contribution is 6.02. The van der Waals surface area contributed by atoms with Crippen LogP contribution in [0.2, 0.25) is 0 Å². The van der Waals surface area contributed by atoms with Gasteiger partial charge in [0.2, 0.25) is 5.91 Å². The molecule has 6 heteroatoms. The molecule has 0 N–H and O–H groups in total. The standard InChI is InChI=1S/C21H21N3O3/c1-3-23(15(2)17-10-8-16(12-22)9-11-17)20(25)13-24-18-6-4-5-7-19(18)27-14-21(24)26/h4-11,15H,3,13-14H2,1-2H3. The molecule has 2 amide bonds. The Morgan fingerprint density at radius 1 is 1.26 bits per heavy atom. The van der Waals surface area contributed by atoms with Gasteiger partial charge in [-0.2, -0.15) is 5.26 Å². The van der Waals surface area contributed by atoms with Crippen molar-refractivity contribution in [1.29, 1.82) is 5.26 Å². The lowest BCUT2D eigenvalue weighted by atomic mass is 10.0. The molecule has 6 nitrogen and oxygen atoms in total. The molecule has 0 aromatic heterocycles. The third-order valence-electron chi connectivity index (χ3n) is 4.75. The monoisotopic (exact) mass is 363 g/mol. The fraction of sp³-hybridized carbons (Fsp3) is 0.286. The Morgan fingerprint density at radius 3 is 2.63 bits per heavy atom. The van der Waals surface area contributed by atoms with Gasteiger partial charge < -0.3 is 9.64 Å². The van der Waals surface area contributed by atoms with Crippen LogP contribution < -0.4 is 9.64 Å². The second-order valence-electron chi connectivity index (χ2n) is 6.33. The van der Waals surface area contributed by atoms with E-state index in [2.05, 4.69) is 6.07 Å². The largest absolute Gasteiger partial charge is 0.482 e. The summed E-state index contributed by atoms with van der Waals surface area (Å²) in [4.78, 5) is 28.5. The summed E-state index contributed by atoms with van der Waals surface area (Å²) in [6.45, 7) is 4.26. The quantitative estimate of drug-likeness (QED) is 0.819. The molecule has 0 fully saturated rings. The second-order valence-corrected chi connectivity index (χ2v) is 6.33. The predicted octanol–water partition coefficient (Wildman–Crippen LogP) is 2.89. The van der Waals surface area contributed by atoms with Crippen molar-refractivity contribution in [3.63, 3.8) is 0 Å². The number of hydrogen-bond acceptors (Lipinski definition) is 4. The normalized spacial score (nSPS) is 14.0. The summed E-state index contributed by atoms with van der Waals surface area (Å²) in [7, 11) is 0. The van der Waals surface area contributed by atoms with Gasteiger partial charge in [0.05, 0.1) is 23.4 Å². The molecule has 0 aliphatic carbocycles. The molecular formula is C21H21N3O3. The number of nitriles is 1. The minimum Gasteiger partial charge on any atom is -0.482 e. The maximum atomic E-state index is 13.0. The zero-order valence-electron chi connectivity index (χ0n) is 15.4. The van der Waals surface area contributed by atoms with E-state index in [1.807, 2.05) is 38.1 Å². The highest BCUT2D eigenvalue weighted by atomic mass is 16.5. The number of rotatable bonds is 5. The maximum Gasteiger partial charge on any atom is 0.265 e. The highest BCUT2D eigenvalue weighted by Crippen LogP contribution is 2.31. The number of benzene rings is 2. The van der Waals surface area contributed by atoms with E-state index in [9.17, 15) is 9.59 Å². The van der Waals surface area contributed by atoms with Crippen LogP contribution >= 0.6 is 0 Å². The molecule has 0 radical (unpaired) electrons. The van der Waals surface area contributed by atoms with Gasteiger partial charge in [-0.1, -0.05) is 24.3 Å². The number of nitrogens with zero attached hydrogens (tertiary/aromatic N) is 3. The highest BCUT2D eigenvalue weighted by Gasteiger charge is 2.29. The SMILES string of the molecule is CCN(C(=O)CN1C(=O)COc2ccccc21)C(C)c1ccc(C#N)cc1. The molecular weight excluding hydrogens is 342 g/mol. The second kappa shape index (κ2) is 7.92. The van der Waals surface area contributed by atoms with Crippen LogP contribution in [0.5, 0.6) is 5.75 Å². The van der Waals surface area contributed by atoms with Gasteiger partial charge in [0, 0.05) is 6.54 Å². The van der Waals surface area contributed by atoms with Crippen LogP contribution in [0.3, 0.4) is 0 Å². The van der Waals surface area contributed by atoms with Crippen molar-refractivity contribution in [1.82, 2.24) is 4.90 Å². The molecule has 138 valence electrons. The molecule has 1 unspecified atom stereocenters. The predicted molar refractivity (Wildman–Crippen MR) is 101 cm³/mol. The fourth-order valence-corrected chi connectivity index (χ4v) is 3.24.